The molecule has 1 saturated carbocycles. The van der Waals surface area contributed by atoms with Gasteiger partial charge in [0.1, 0.15) is 0 Å². The molecule has 0 radical (unpaired) electrons. The molecule has 0 heterocycles. The van der Waals surface area contributed by atoms with Gasteiger partial charge in [-0.2, -0.15) is 0 Å². The van der Waals surface area contributed by atoms with E-state index in [2.05, 4.69) is 5.32 Å². The van der Waals surface area contributed by atoms with Crippen molar-refractivity contribution in [2.24, 2.45) is 5.92 Å². The molecule has 0 aliphatic heterocycles. The Bertz CT molecular complexity index is 414. The number of nitrogens with one attached hydrogen (secondary N) is 1. The summed E-state index contributed by atoms with van der Waals surface area (Å²) in [5.41, 5.74) is 0.610. The topological polar surface area (TPSA) is 72.7 Å². The summed E-state index contributed by atoms with van der Waals surface area (Å²) in [6.07, 6.45) is 7.95. The van der Waals surface area contributed by atoms with Crippen molar-refractivity contribution in [3.8, 4) is 17.2 Å². The lowest BCUT2D eigenvalue weighted by molar-refractivity contribution is 0.332. The molecule has 1 aromatic rings. The normalized spacial score (nSPS) is 16.6. The lowest BCUT2D eigenvalue weighted by Gasteiger charge is -2.21. The molecule has 2 rings (SSSR count). The smallest absolute Gasteiger partial charge is 0.200 e. The molecule has 0 unspecified atom stereocenters. The van der Waals surface area contributed by atoms with Crippen LogP contribution in [-0.2, 0) is 6.54 Å². The maximum absolute atomic E-state index is 9.68. The lowest BCUT2D eigenvalue weighted by atomic mass is 9.87. The van der Waals surface area contributed by atoms with Crippen molar-refractivity contribution in [2.75, 3.05) is 6.54 Å². The van der Waals surface area contributed by atoms with Crippen LogP contribution in [-0.4, -0.2) is 21.9 Å². The Balaban J connectivity index is 1.75. The van der Waals surface area contributed by atoms with E-state index >= 15 is 0 Å². The number of phenols is 3. The van der Waals surface area contributed by atoms with Crippen LogP contribution >= 0.6 is 0 Å². The molecule has 0 amide bonds. The average molecular weight is 265 g/mol. The van der Waals surface area contributed by atoms with E-state index in [1.807, 2.05) is 0 Å². The number of rotatable bonds is 5. The Morgan fingerprint density at radius 2 is 1.74 bits per heavy atom. The van der Waals surface area contributed by atoms with Crippen molar-refractivity contribution in [2.45, 2.75) is 45.1 Å². The Labute approximate surface area is 114 Å². The summed E-state index contributed by atoms with van der Waals surface area (Å²) < 4.78 is 0. The molecule has 0 aromatic heterocycles. The summed E-state index contributed by atoms with van der Waals surface area (Å²) in [6.45, 7) is 1.43. The van der Waals surface area contributed by atoms with Crippen LogP contribution in [0, 0.1) is 5.92 Å². The molecule has 0 spiro atoms. The molecule has 0 saturated heterocycles. The zero-order valence-electron chi connectivity index (χ0n) is 11.2. The number of hydrogen-bond acceptors (Lipinski definition) is 4. The van der Waals surface area contributed by atoms with Crippen LogP contribution in [0.1, 0.15) is 44.1 Å². The highest BCUT2D eigenvalue weighted by atomic mass is 16.3. The van der Waals surface area contributed by atoms with Crippen LogP contribution in [0.5, 0.6) is 17.2 Å². The fraction of sp³-hybridized carbons (Fsp3) is 0.600. The van der Waals surface area contributed by atoms with Crippen molar-refractivity contribution in [1.82, 2.24) is 5.32 Å². The number of aromatic hydroxyl groups is 3. The number of benzene rings is 1. The van der Waals surface area contributed by atoms with E-state index in [0.29, 0.717) is 12.1 Å². The van der Waals surface area contributed by atoms with Gasteiger partial charge >= 0.3 is 0 Å². The van der Waals surface area contributed by atoms with Crippen LogP contribution in [0.25, 0.3) is 0 Å². The molecular weight excluding hydrogens is 242 g/mol. The van der Waals surface area contributed by atoms with Crippen LogP contribution < -0.4 is 5.32 Å². The zero-order valence-corrected chi connectivity index (χ0v) is 11.2. The molecule has 4 N–H and O–H groups in total. The molecule has 1 aliphatic carbocycles. The second kappa shape index (κ2) is 6.66. The van der Waals surface area contributed by atoms with E-state index in [0.717, 1.165) is 12.5 Å². The Kier molecular flexibility index (Phi) is 4.91. The van der Waals surface area contributed by atoms with Crippen molar-refractivity contribution >= 4 is 0 Å². The Morgan fingerprint density at radius 3 is 2.47 bits per heavy atom. The van der Waals surface area contributed by atoms with Crippen molar-refractivity contribution < 1.29 is 15.3 Å². The van der Waals surface area contributed by atoms with Crippen LogP contribution in [0.15, 0.2) is 12.1 Å². The minimum atomic E-state index is -0.438. The van der Waals surface area contributed by atoms with Gasteiger partial charge in [0, 0.05) is 12.1 Å². The zero-order chi connectivity index (χ0) is 13.7. The highest BCUT2D eigenvalue weighted by Crippen LogP contribution is 2.36. The minimum Gasteiger partial charge on any atom is -0.504 e. The molecule has 1 aliphatic rings. The highest BCUT2D eigenvalue weighted by Gasteiger charge is 2.13. The monoisotopic (exact) mass is 265 g/mol. The van der Waals surface area contributed by atoms with E-state index in [-0.39, 0.29) is 11.5 Å². The first kappa shape index (κ1) is 14.0. The van der Waals surface area contributed by atoms with Gasteiger partial charge in [0.05, 0.1) is 0 Å². The van der Waals surface area contributed by atoms with Gasteiger partial charge in [-0.15, -0.1) is 0 Å². The predicted octanol–water partition coefficient (Wildman–Crippen LogP) is 2.86. The van der Waals surface area contributed by atoms with E-state index in [1.165, 1.54) is 44.6 Å². The maximum atomic E-state index is 9.68. The first-order valence-corrected chi connectivity index (χ1v) is 7.12. The average Bonchev–Trinajstić information content (AvgIpc) is 2.44. The highest BCUT2D eigenvalue weighted by molar-refractivity contribution is 5.52. The van der Waals surface area contributed by atoms with Gasteiger partial charge in [0.2, 0.25) is 5.75 Å². The SMILES string of the molecule is Oc1ccc(CNCCC2CCCCC2)c(O)c1O. The molecule has 19 heavy (non-hydrogen) atoms. The van der Waals surface area contributed by atoms with Crippen molar-refractivity contribution in [1.29, 1.82) is 0 Å². The van der Waals surface area contributed by atoms with Gasteiger partial charge in [0.25, 0.3) is 0 Å². The van der Waals surface area contributed by atoms with E-state index in [4.69, 9.17) is 0 Å². The molecule has 4 nitrogen and oxygen atoms in total. The molecule has 0 atom stereocenters. The molecule has 106 valence electrons. The molecular formula is C15H23NO3. The van der Waals surface area contributed by atoms with Crippen molar-refractivity contribution in [3.63, 3.8) is 0 Å². The lowest BCUT2D eigenvalue weighted by Crippen LogP contribution is -2.19. The molecule has 1 aromatic carbocycles. The van der Waals surface area contributed by atoms with Gasteiger partial charge < -0.3 is 20.6 Å². The fourth-order valence-electron chi connectivity index (χ4n) is 2.76. The van der Waals surface area contributed by atoms with Gasteiger partial charge in [-0.05, 0) is 24.9 Å². The van der Waals surface area contributed by atoms with Gasteiger partial charge in [-0.1, -0.05) is 38.2 Å². The summed E-state index contributed by atoms with van der Waals surface area (Å²) in [7, 11) is 0. The van der Waals surface area contributed by atoms with Gasteiger partial charge in [-0.3, -0.25) is 0 Å². The molecule has 4 heteroatoms. The largest absolute Gasteiger partial charge is 0.504 e. The Morgan fingerprint density at radius 1 is 1.00 bits per heavy atom. The van der Waals surface area contributed by atoms with E-state index in [9.17, 15) is 15.3 Å². The van der Waals surface area contributed by atoms with Crippen LogP contribution in [0.4, 0.5) is 0 Å². The van der Waals surface area contributed by atoms with Gasteiger partial charge in [-0.25, -0.2) is 0 Å². The fourth-order valence-corrected chi connectivity index (χ4v) is 2.76. The first-order valence-electron chi connectivity index (χ1n) is 7.12. The predicted molar refractivity (Wildman–Crippen MR) is 74.3 cm³/mol. The van der Waals surface area contributed by atoms with E-state index < -0.39 is 5.75 Å². The van der Waals surface area contributed by atoms with Crippen molar-refractivity contribution in [3.05, 3.63) is 17.7 Å². The second-order valence-electron chi connectivity index (χ2n) is 5.41. The molecule has 1 fully saturated rings. The summed E-state index contributed by atoms with van der Waals surface area (Å²) in [4.78, 5) is 0. The number of hydrogen-bond donors (Lipinski definition) is 4. The quantitative estimate of drug-likeness (QED) is 0.488. The second-order valence-corrected chi connectivity index (χ2v) is 5.41. The third-order valence-electron chi connectivity index (χ3n) is 3.98. The summed E-state index contributed by atoms with van der Waals surface area (Å²) >= 11 is 0. The van der Waals surface area contributed by atoms with Gasteiger partial charge in [0.15, 0.2) is 11.5 Å². The summed E-state index contributed by atoms with van der Waals surface area (Å²) in [5.74, 6) is -0.122. The van der Waals surface area contributed by atoms with E-state index in [1.54, 1.807) is 6.07 Å². The third-order valence-corrected chi connectivity index (χ3v) is 3.98. The third kappa shape index (κ3) is 3.77. The summed E-state index contributed by atoms with van der Waals surface area (Å²) in [5, 5.41) is 31.6. The molecule has 0 bridgehead atoms. The Hall–Kier alpha value is -1.42. The van der Waals surface area contributed by atoms with Crippen LogP contribution in [0.2, 0.25) is 0 Å². The number of phenolic OH excluding ortho intramolecular Hbond substituents is 3. The minimum absolute atomic E-state index is 0.231. The maximum Gasteiger partial charge on any atom is 0.200 e. The first-order chi connectivity index (χ1) is 9.18. The standard InChI is InChI=1S/C15H23NO3/c17-13-7-6-12(14(18)15(13)19)10-16-9-8-11-4-2-1-3-5-11/h6-7,11,16-19H,1-5,8-10H2. The summed E-state index contributed by atoms with van der Waals surface area (Å²) in [6, 6.07) is 3.02. The van der Waals surface area contributed by atoms with Crippen LogP contribution in [0.3, 0.4) is 0 Å².